The van der Waals surface area contributed by atoms with E-state index in [2.05, 4.69) is 9.82 Å². The number of sulfonamides is 1. The van der Waals surface area contributed by atoms with Crippen LogP contribution in [-0.4, -0.2) is 24.0 Å². The third kappa shape index (κ3) is 4.54. The smallest absolute Gasteiger partial charge is 0.284 e. The number of aryl methyl sites for hydroxylation is 1. The number of aromatic nitrogens is 2. The van der Waals surface area contributed by atoms with Crippen LogP contribution in [0.4, 0.5) is 18.9 Å². The number of hydrogen-bond donors (Lipinski definition) is 1. The zero-order valence-electron chi connectivity index (χ0n) is 16.1. The van der Waals surface area contributed by atoms with E-state index in [1.807, 2.05) is 0 Å². The van der Waals surface area contributed by atoms with Gasteiger partial charge in [-0.05, 0) is 43.7 Å². The number of nitrogens with zero attached hydrogens (tertiary/aromatic N) is 2. The van der Waals surface area contributed by atoms with Gasteiger partial charge in [-0.15, -0.1) is 0 Å². The van der Waals surface area contributed by atoms with Crippen LogP contribution in [0.25, 0.3) is 16.8 Å². The van der Waals surface area contributed by atoms with Gasteiger partial charge in [-0.1, -0.05) is 24.3 Å². The molecule has 0 atom stereocenters. The van der Waals surface area contributed by atoms with Gasteiger partial charge in [0.15, 0.2) is 0 Å². The van der Waals surface area contributed by atoms with Crippen LogP contribution in [0, 0.1) is 6.92 Å². The third-order valence-electron chi connectivity index (χ3n) is 4.38. The van der Waals surface area contributed by atoms with E-state index in [0.717, 1.165) is 6.07 Å². The predicted octanol–water partition coefficient (Wildman–Crippen LogP) is 3.99. The molecule has 0 fully saturated rings. The molecule has 0 saturated heterocycles. The Hall–Kier alpha value is -3.14. The zero-order chi connectivity index (χ0) is 22.1. The van der Waals surface area contributed by atoms with Crippen LogP contribution in [0.3, 0.4) is 0 Å². The van der Waals surface area contributed by atoms with Crippen LogP contribution >= 0.6 is 0 Å². The Morgan fingerprint density at radius 3 is 2.43 bits per heavy atom. The summed E-state index contributed by atoms with van der Waals surface area (Å²) in [6, 6.07) is 12.2. The van der Waals surface area contributed by atoms with E-state index in [1.54, 1.807) is 25.1 Å². The number of para-hydroxylation sites is 1. The van der Waals surface area contributed by atoms with E-state index in [0.29, 0.717) is 27.2 Å². The molecular formula is C20H18F3N3O3S. The summed E-state index contributed by atoms with van der Waals surface area (Å²) >= 11 is 0. The fraction of sp³-hybridized carbons (Fsp3) is 0.200. The first-order valence-corrected chi connectivity index (χ1v) is 10.6. The van der Waals surface area contributed by atoms with Gasteiger partial charge in [0.1, 0.15) is 0 Å². The van der Waals surface area contributed by atoms with Gasteiger partial charge in [0.05, 0.1) is 22.7 Å². The fourth-order valence-corrected chi connectivity index (χ4v) is 3.54. The second-order valence-corrected chi connectivity index (χ2v) is 8.51. The lowest BCUT2D eigenvalue weighted by atomic mass is 10.0. The van der Waals surface area contributed by atoms with E-state index in [4.69, 9.17) is 0 Å². The third-order valence-corrected chi connectivity index (χ3v) is 5.69. The molecule has 0 saturated carbocycles. The van der Waals surface area contributed by atoms with Crippen LogP contribution in [-0.2, 0) is 16.2 Å². The molecule has 3 rings (SSSR count). The zero-order valence-corrected chi connectivity index (χ0v) is 16.9. The number of rotatable bonds is 5. The standard InChI is InChI=1S/C20H18F3N3O3S/c1-3-30(28,29)25-15-8-6-7-14(11-15)16-12-19(27)26(24-13(16)2)18-10-5-4-9-17(18)20(21,22)23/h4-12,25H,3H2,1-2H3. The lowest BCUT2D eigenvalue weighted by Gasteiger charge is -2.15. The number of benzene rings is 2. The summed E-state index contributed by atoms with van der Waals surface area (Å²) in [6.07, 6.45) is -4.64. The van der Waals surface area contributed by atoms with Crippen LogP contribution in [0.5, 0.6) is 0 Å². The van der Waals surface area contributed by atoms with E-state index in [-0.39, 0.29) is 11.4 Å². The minimum Gasteiger partial charge on any atom is -0.284 e. The number of nitrogens with one attached hydrogen (secondary N) is 1. The molecule has 3 aromatic rings. The molecule has 6 nitrogen and oxygen atoms in total. The van der Waals surface area contributed by atoms with Crippen molar-refractivity contribution in [1.29, 1.82) is 0 Å². The summed E-state index contributed by atoms with van der Waals surface area (Å²) in [4.78, 5) is 12.6. The Bertz CT molecular complexity index is 1250. The van der Waals surface area contributed by atoms with E-state index in [9.17, 15) is 26.4 Å². The van der Waals surface area contributed by atoms with Gasteiger partial charge in [0.25, 0.3) is 5.56 Å². The van der Waals surface area contributed by atoms with Gasteiger partial charge in [0.2, 0.25) is 10.0 Å². The molecule has 0 aliphatic carbocycles. The van der Waals surface area contributed by atoms with Gasteiger partial charge in [-0.25, -0.2) is 8.42 Å². The minimum absolute atomic E-state index is 0.105. The number of alkyl halides is 3. The molecule has 0 radical (unpaired) electrons. The first-order valence-electron chi connectivity index (χ1n) is 8.90. The molecule has 0 bridgehead atoms. The van der Waals surface area contributed by atoms with Crippen molar-refractivity contribution in [2.45, 2.75) is 20.0 Å². The summed E-state index contributed by atoms with van der Waals surface area (Å²) in [5.74, 6) is -0.105. The van der Waals surface area contributed by atoms with Gasteiger partial charge in [-0.3, -0.25) is 9.52 Å². The summed E-state index contributed by atoms with van der Waals surface area (Å²) in [6.45, 7) is 3.06. The molecule has 1 heterocycles. The summed E-state index contributed by atoms with van der Waals surface area (Å²) in [5, 5.41) is 4.08. The number of anilines is 1. The first kappa shape index (κ1) is 21.6. The van der Waals surface area contributed by atoms with Crippen LogP contribution in [0.2, 0.25) is 0 Å². The van der Waals surface area contributed by atoms with Crippen LogP contribution in [0.15, 0.2) is 59.4 Å². The summed E-state index contributed by atoms with van der Waals surface area (Å²) < 4.78 is 66.7. The van der Waals surface area contributed by atoms with Crippen molar-refractivity contribution < 1.29 is 21.6 Å². The van der Waals surface area contributed by atoms with Crippen molar-refractivity contribution in [3.8, 4) is 16.8 Å². The highest BCUT2D eigenvalue weighted by Crippen LogP contribution is 2.33. The topological polar surface area (TPSA) is 81.1 Å². The Morgan fingerprint density at radius 1 is 1.07 bits per heavy atom. The highest BCUT2D eigenvalue weighted by molar-refractivity contribution is 7.92. The molecule has 158 valence electrons. The maximum Gasteiger partial charge on any atom is 0.418 e. The molecule has 0 aliphatic heterocycles. The van der Waals surface area contributed by atoms with Crippen molar-refractivity contribution in [2.24, 2.45) is 0 Å². The van der Waals surface area contributed by atoms with Gasteiger partial charge < -0.3 is 0 Å². The van der Waals surface area contributed by atoms with Crippen molar-refractivity contribution in [2.75, 3.05) is 10.5 Å². The second-order valence-electron chi connectivity index (χ2n) is 6.49. The van der Waals surface area contributed by atoms with Crippen molar-refractivity contribution in [3.05, 3.63) is 76.2 Å². The van der Waals surface area contributed by atoms with Gasteiger partial charge in [0, 0.05) is 17.3 Å². The number of hydrogen-bond acceptors (Lipinski definition) is 4. The molecule has 2 aromatic carbocycles. The minimum atomic E-state index is -4.64. The van der Waals surface area contributed by atoms with E-state index < -0.39 is 27.3 Å². The molecule has 1 N–H and O–H groups in total. The van der Waals surface area contributed by atoms with Crippen molar-refractivity contribution in [1.82, 2.24) is 9.78 Å². The fourth-order valence-electron chi connectivity index (χ4n) is 2.91. The van der Waals surface area contributed by atoms with Crippen LogP contribution in [0.1, 0.15) is 18.2 Å². The quantitative estimate of drug-likeness (QED) is 0.655. The Labute approximate surface area is 171 Å². The summed E-state index contributed by atoms with van der Waals surface area (Å²) in [5.41, 5.74) is -0.575. The highest BCUT2D eigenvalue weighted by atomic mass is 32.2. The predicted molar refractivity (Wildman–Crippen MR) is 108 cm³/mol. The monoisotopic (exact) mass is 437 g/mol. The normalized spacial score (nSPS) is 12.0. The lowest BCUT2D eigenvalue weighted by molar-refractivity contribution is -0.137. The average molecular weight is 437 g/mol. The maximum atomic E-state index is 13.3. The molecule has 0 spiro atoms. The van der Waals surface area contributed by atoms with Crippen molar-refractivity contribution >= 4 is 15.7 Å². The Balaban J connectivity index is 2.09. The summed E-state index contributed by atoms with van der Waals surface area (Å²) in [7, 11) is -3.49. The van der Waals surface area contributed by atoms with Crippen molar-refractivity contribution in [3.63, 3.8) is 0 Å². The highest BCUT2D eigenvalue weighted by Gasteiger charge is 2.34. The molecule has 10 heteroatoms. The lowest BCUT2D eigenvalue weighted by Crippen LogP contribution is -2.24. The molecule has 30 heavy (non-hydrogen) atoms. The average Bonchev–Trinajstić information content (AvgIpc) is 2.68. The van der Waals surface area contributed by atoms with Gasteiger partial charge in [-0.2, -0.15) is 23.0 Å². The van der Waals surface area contributed by atoms with E-state index in [1.165, 1.54) is 37.3 Å². The van der Waals surface area contributed by atoms with Gasteiger partial charge >= 0.3 is 6.18 Å². The SMILES string of the molecule is CCS(=O)(=O)Nc1cccc(-c2cc(=O)n(-c3ccccc3C(F)(F)F)nc2C)c1. The van der Waals surface area contributed by atoms with E-state index >= 15 is 0 Å². The molecule has 0 unspecified atom stereocenters. The van der Waals surface area contributed by atoms with Crippen LogP contribution < -0.4 is 10.3 Å². The Morgan fingerprint density at radius 2 is 1.77 bits per heavy atom. The molecule has 0 aliphatic rings. The molecular weight excluding hydrogens is 419 g/mol. The Kier molecular flexibility index (Phi) is 5.71. The first-order chi connectivity index (χ1) is 14.0. The maximum absolute atomic E-state index is 13.3. The number of halogens is 3. The molecule has 1 aromatic heterocycles. The largest absolute Gasteiger partial charge is 0.418 e. The second kappa shape index (κ2) is 7.94. The molecule has 0 amide bonds.